The van der Waals surface area contributed by atoms with Gasteiger partial charge in [0.1, 0.15) is 5.82 Å². The Morgan fingerprint density at radius 1 is 1.29 bits per heavy atom. The van der Waals surface area contributed by atoms with E-state index in [4.69, 9.17) is 0 Å². The molecule has 4 rings (SSSR count). The molecule has 3 atom stereocenters. The molecule has 150 valence electrons. The molecule has 1 saturated heterocycles. The third-order valence-corrected chi connectivity index (χ3v) is 6.07. The molecule has 7 nitrogen and oxygen atoms in total. The fraction of sp³-hybridized carbons (Fsp3) is 0.571. The predicted molar refractivity (Wildman–Crippen MR) is 107 cm³/mol. The van der Waals surface area contributed by atoms with Crippen LogP contribution in [0.15, 0.2) is 37.1 Å². The highest BCUT2D eigenvalue weighted by Gasteiger charge is 2.36. The maximum atomic E-state index is 12.7. The summed E-state index contributed by atoms with van der Waals surface area (Å²) in [5, 5.41) is 13.5. The van der Waals surface area contributed by atoms with Crippen molar-refractivity contribution in [2.45, 2.75) is 51.3 Å². The van der Waals surface area contributed by atoms with Gasteiger partial charge in [-0.3, -0.25) is 4.79 Å². The third kappa shape index (κ3) is 4.35. The standard InChI is InChI=1S/C21H29N5O2/c1-15-2-3-20(23-12-15)26-7-4-17(5-8-26)21(28)24-18-10-16(11-19(18)27)13-25-9-6-22-14-25/h2-3,6,9,12,14,16-19,27H,4-5,7-8,10-11,13H2,1H3,(H,24,28)/t16?,18-,19-/m1/s1. The van der Waals surface area contributed by atoms with Crippen molar-refractivity contribution in [2.75, 3.05) is 18.0 Å². The van der Waals surface area contributed by atoms with Gasteiger partial charge in [-0.2, -0.15) is 0 Å². The van der Waals surface area contributed by atoms with Crippen LogP contribution in [0.2, 0.25) is 0 Å². The van der Waals surface area contributed by atoms with E-state index < -0.39 is 6.10 Å². The Labute approximate surface area is 165 Å². The molecule has 0 bridgehead atoms. The highest BCUT2D eigenvalue weighted by Crippen LogP contribution is 2.29. The number of amides is 1. The van der Waals surface area contributed by atoms with Gasteiger partial charge in [-0.25, -0.2) is 9.97 Å². The van der Waals surface area contributed by atoms with Gasteiger partial charge in [0.25, 0.3) is 0 Å². The van der Waals surface area contributed by atoms with Crippen LogP contribution in [0.1, 0.15) is 31.2 Å². The summed E-state index contributed by atoms with van der Waals surface area (Å²) in [5.41, 5.74) is 1.15. The van der Waals surface area contributed by atoms with E-state index in [2.05, 4.69) is 26.3 Å². The average Bonchev–Trinajstić information content (AvgIpc) is 3.32. The van der Waals surface area contributed by atoms with Gasteiger partial charge in [0.05, 0.1) is 18.5 Å². The molecule has 0 radical (unpaired) electrons. The Morgan fingerprint density at radius 3 is 2.79 bits per heavy atom. The molecule has 7 heteroatoms. The smallest absolute Gasteiger partial charge is 0.223 e. The lowest BCUT2D eigenvalue weighted by molar-refractivity contribution is -0.127. The number of aliphatic hydroxyl groups excluding tert-OH is 1. The minimum absolute atomic E-state index is 0.0154. The van der Waals surface area contributed by atoms with Crippen LogP contribution in [-0.4, -0.2) is 50.8 Å². The number of nitrogens with zero attached hydrogens (tertiary/aromatic N) is 4. The van der Waals surface area contributed by atoms with E-state index in [1.807, 2.05) is 30.0 Å². The lowest BCUT2D eigenvalue weighted by Crippen LogP contribution is -2.46. The first-order chi connectivity index (χ1) is 13.6. The number of aryl methyl sites for hydroxylation is 1. The van der Waals surface area contributed by atoms with Gasteiger partial charge in [-0.15, -0.1) is 0 Å². The van der Waals surface area contributed by atoms with E-state index in [9.17, 15) is 9.90 Å². The highest BCUT2D eigenvalue weighted by atomic mass is 16.3. The molecule has 3 heterocycles. The molecule has 28 heavy (non-hydrogen) atoms. The first kappa shape index (κ1) is 18.9. The van der Waals surface area contributed by atoms with E-state index in [0.717, 1.165) is 56.7 Å². The first-order valence-corrected chi connectivity index (χ1v) is 10.2. The third-order valence-electron chi connectivity index (χ3n) is 6.07. The van der Waals surface area contributed by atoms with E-state index in [1.54, 1.807) is 12.5 Å². The minimum atomic E-state index is -0.464. The number of aromatic nitrogens is 3. The van der Waals surface area contributed by atoms with Crippen molar-refractivity contribution in [3.63, 3.8) is 0 Å². The van der Waals surface area contributed by atoms with E-state index in [1.165, 1.54) is 0 Å². The van der Waals surface area contributed by atoms with Crippen molar-refractivity contribution in [3.05, 3.63) is 42.6 Å². The fourth-order valence-electron chi connectivity index (χ4n) is 4.43. The Bertz CT molecular complexity index is 769. The fourth-order valence-corrected chi connectivity index (χ4v) is 4.43. The molecule has 1 aliphatic carbocycles. The van der Waals surface area contributed by atoms with Crippen molar-refractivity contribution in [3.8, 4) is 0 Å². The first-order valence-electron chi connectivity index (χ1n) is 10.2. The zero-order valence-electron chi connectivity index (χ0n) is 16.4. The second-order valence-electron chi connectivity index (χ2n) is 8.23. The zero-order valence-corrected chi connectivity index (χ0v) is 16.4. The van der Waals surface area contributed by atoms with Crippen LogP contribution in [0, 0.1) is 18.8 Å². The molecular formula is C21H29N5O2. The van der Waals surface area contributed by atoms with Gasteiger partial charge in [0, 0.05) is 44.1 Å². The molecule has 0 spiro atoms. The van der Waals surface area contributed by atoms with Gasteiger partial charge in [0.15, 0.2) is 0 Å². The predicted octanol–water partition coefficient (Wildman–Crippen LogP) is 1.76. The molecule has 2 fully saturated rings. The van der Waals surface area contributed by atoms with Crippen LogP contribution < -0.4 is 10.2 Å². The van der Waals surface area contributed by atoms with E-state index in [-0.39, 0.29) is 17.9 Å². The van der Waals surface area contributed by atoms with Crippen LogP contribution in [0.3, 0.4) is 0 Å². The Hall–Kier alpha value is -2.41. The quantitative estimate of drug-likeness (QED) is 0.822. The second kappa shape index (κ2) is 8.31. The maximum Gasteiger partial charge on any atom is 0.223 e. The second-order valence-corrected chi connectivity index (χ2v) is 8.23. The van der Waals surface area contributed by atoms with Gasteiger partial charge in [-0.05, 0) is 50.2 Å². The van der Waals surface area contributed by atoms with Crippen LogP contribution >= 0.6 is 0 Å². The van der Waals surface area contributed by atoms with Crippen molar-refractivity contribution in [1.82, 2.24) is 19.9 Å². The molecule has 0 aromatic carbocycles. The van der Waals surface area contributed by atoms with E-state index >= 15 is 0 Å². The largest absolute Gasteiger partial charge is 0.391 e. The molecule has 2 N–H and O–H groups in total. The summed E-state index contributed by atoms with van der Waals surface area (Å²) in [7, 11) is 0. The summed E-state index contributed by atoms with van der Waals surface area (Å²) in [4.78, 5) is 23.5. The number of hydrogen-bond donors (Lipinski definition) is 2. The van der Waals surface area contributed by atoms with Gasteiger partial charge in [-0.1, -0.05) is 6.07 Å². The number of carbonyl (C=O) groups excluding carboxylic acids is 1. The summed E-state index contributed by atoms with van der Waals surface area (Å²) in [6.45, 7) is 4.55. The van der Waals surface area contributed by atoms with Gasteiger partial charge < -0.3 is 19.9 Å². The number of hydrogen-bond acceptors (Lipinski definition) is 5. The summed E-state index contributed by atoms with van der Waals surface area (Å²) in [6.07, 6.45) is 10.1. The molecule has 2 aromatic rings. The number of anilines is 1. The molecule has 1 amide bonds. The van der Waals surface area contributed by atoms with Crippen molar-refractivity contribution in [2.24, 2.45) is 11.8 Å². The summed E-state index contributed by atoms with van der Waals surface area (Å²) < 4.78 is 2.04. The van der Waals surface area contributed by atoms with Gasteiger partial charge in [0.2, 0.25) is 5.91 Å². The van der Waals surface area contributed by atoms with E-state index in [0.29, 0.717) is 5.92 Å². The lowest BCUT2D eigenvalue weighted by Gasteiger charge is -2.33. The van der Waals surface area contributed by atoms with Crippen molar-refractivity contribution >= 4 is 11.7 Å². The number of nitrogens with one attached hydrogen (secondary N) is 1. The van der Waals surface area contributed by atoms with Gasteiger partial charge >= 0.3 is 0 Å². The Kier molecular flexibility index (Phi) is 5.62. The van der Waals surface area contributed by atoms with Crippen LogP contribution in [0.4, 0.5) is 5.82 Å². The topological polar surface area (TPSA) is 83.3 Å². The summed E-state index contributed by atoms with van der Waals surface area (Å²) >= 11 is 0. The highest BCUT2D eigenvalue weighted by molar-refractivity contribution is 5.79. The van der Waals surface area contributed by atoms with Crippen LogP contribution in [0.5, 0.6) is 0 Å². The molecule has 1 saturated carbocycles. The minimum Gasteiger partial charge on any atom is -0.391 e. The number of carbonyl (C=O) groups is 1. The number of rotatable bonds is 5. The van der Waals surface area contributed by atoms with Crippen molar-refractivity contribution < 1.29 is 9.90 Å². The maximum absolute atomic E-state index is 12.7. The summed E-state index contributed by atoms with van der Waals surface area (Å²) in [6, 6.07) is 3.98. The molecule has 2 aliphatic rings. The number of imidazole rings is 1. The average molecular weight is 383 g/mol. The number of aliphatic hydroxyl groups is 1. The zero-order chi connectivity index (χ0) is 19.5. The lowest BCUT2D eigenvalue weighted by atomic mass is 9.95. The molecule has 2 aromatic heterocycles. The SMILES string of the molecule is Cc1ccc(N2CCC(C(=O)N[C@@H]3CC(Cn4ccnc4)C[C@H]3O)CC2)nc1. The normalized spacial score (nSPS) is 25.8. The number of pyridine rings is 1. The molecule has 1 unspecified atom stereocenters. The van der Waals surface area contributed by atoms with Crippen LogP contribution in [0.25, 0.3) is 0 Å². The Balaban J connectivity index is 1.26. The molecule has 1 aliphatic heterocycles. The van der Waals surface area contributed by atoms with Crippen LogP contribution in [-0.2, 0) is 11.3 Å². The monoisotopic (exact) mass is 383 g/mol. The van der Waals surface area contributed by atoms with Crippen molar-refractivity contribution in [1.29, 1.82) is 0 Å². The molecular weight excluding hydrogens is 354 g/mol. The summed E-state index contributed by atoms with van der Waals surface area (Å²) in [5.74, 6) is 1.45. The Morgan fingerprint density at radius 2 is 2.11 bits per heavy atom. The number of piperidine rings is 1.